The van der Waals surface area contributed by atoms with Crippen LogP contribution in [0.1, 0.15) is 13.8 Å². The summed E-state index contributed by atoms with van der Waals surface area (Å²) in [6.45, 7) is 3.71. The Morgan fingerprint density at radius 1 is 1.16 bits per heavy atom. The van der Waals surface area contributed by atoms with Crippen LogP contribution in [0, 0.1) is 0 Å². The molecule has 0 atom stereocenters. The van der Waals surface area contributed by atoms with Gasteiger partial charge < -0.3 is 19.7 Å². The van der Waals surface area contributed by atoms with E-state index in [2.05, 4.69) is 41.5 Å². The van der Waals surface area contributed by atoms with Gasteiger partial charge in [0.1, 0.15) is 24.1 Å². The Kier molecular flexibility index (Phi) is 7.96. The van der Waals surface area contributed by atoms with Gasteiger partial charge in [0.05, 0.1) is 29.9 Å². The van der Waals surface area contributed by atoms with Gasteiger partial charge in [-0.25, -0.2) is 15.0 Å². The highest BCUT2D eigenvalue weighted by Gasteiger charge is 2.27. The van der Waals surface area contributed by atoms with Gasteiger partial charge in [-0.2, -0.15) is 0 Å². The van der Waals surface area contributed by atoms with Crippen LogP contribution in [-0.4, -0.2) is 40.2 Å². The second-order valence-corrected chi connectivity index (χ2v) is 9.53. The summed E-state index contributed by atoms with van der Waals surface area (Å²) < 4.78 is 23.6. The Labute approximate surface area is 192 Å². The summed E-state index contributed by atoms with van der Waals surface area (Å²) in [6.07, 6.45) is 2.51. The highest BCUT2D eigenvalue weighted by Crippen LogP contribution is 2.47. The van der Waals surface area contributed by atoms with Crippen LogP contribution >= 0.6 is 35.1 Å². The number of benzene rings is 1. The number of carbonyl (C=O) groups is 1. The zero-order chi connectivity index (χ0) is 22.4. The minimum atomic E-state index is -3.52. The maximum Gasteiger partial charge on any atom is 0.340 e. The van der Waals surface area contributed by atoms with E-state index in [4.69, 9.17) is 20.6 Å². The molecule has 0 aliphatic rings. The highest BCUT2D eigenvalue weighted by molar-refractivity contribution is 9.10. The van der Waals surface area contributed by atoms with Crippen molar-refractivity contribution < 1.29 is 18.4 Å². The molecule has 164 valence electrons. The Hall–Kier alpha value is -2.10. The molecule has 2 N–H and O–H groups in total. The van der Waals surface area contributed by atoms with Crippen molar-refractivity contribution >= 4 is 69.3 Å². The van der Waals surface area contributed by atoms with Crippen molar-refractivity contribution in [3.8, 4) is 0 Å². The standard InChI is InChI=1S/C19H20BrClN5O4P/c1-3-29-31(28,30-4-2)10-18(27)26-17-8-13-16(9-22-17)23-11-24-19(13)25-12-5-6-15(21)14(20)7-12/h5-9,11H,3-4,10H2,1-2H3,(H,22,26,27)(H,23,24,25). The van der Waals surface area contributed by atoms with Gasteiger partial charge in [0.2, 0.25) is 5.91 Å². The van der Waals surface area contributed by atoms with Gasteiger partial charge >= 0.3 is 7.60 Å². The summed E-state index contributed by atoms with van der Waals surface area (Å²) in [7, 11) is -3.52. The van der Waals surface area contributed by atoms with E-state index in [0.29, 0.717) is 21.7 Å². The monoisotopic (exact) mass is 527 g/mol. The SMILES string of the molecule is CCOP(=O)(CC(=O)Nc1cc2c(Nc3ccc(Cl)c(Br)c3)ncnc2cn1)OCC. The number of rotatable bonds is 9. The number of pyridine rings is 1. The molecule has 0 saturated carbocycles. The Balaban J connectivity index is 1.83. The van der Waals surface area contributed by atoms with E-state index in [-0.39, 0.29) is 19.0 Å². The molecule has 1 aromatic carbocycles. The van der Waals surface area contributed by atoms with Crippen molar-refractivity contribution in [2.45, 2.75) is 13.8 Å². The molecule has 3 aromatic rings. The van der Waals surface area contributed by atoms with Gasteiger partial charge in [-0.1, -0.05) is 11.6 Å². The minimum Gasteiger partial charge on any atom is -0.340 e. The highest BCUT2D eigenvalue weighted by atomic mass is 79.9. The van der Waals surface area contributed by atoms with Crippen LogP contribution in [0.5, 0.6) is 0 Å². The van der Waals surface area contributed by atoms with Crippen LogP contribution in [0.2, 0.25) is 5.02 Å². The molecule has 0 aliphatic carbocycles. The van der Waals surface area contributed by atoms with Crippen LogP contribution < -0.4 is 10.6 Å². The van der Waals surface area contributed by atoms with Crippen molar-refractivity contribution in [1.82, 2.24) is 15.0 Å². The second-order valence-electron chi connectivity index (χ2n) is 6.22. The molecule has 0 unspecified atom stereocenters. The van der Waals surface area contributed by atoms with Crippen LogP contribution in [0.3, 0.4) is 0 Å². The number of halogens is 2. The molecule has 31 heavy (non-hydrogen) atoms. The average Bonchev–Trinajstić information content (AvgIpc) is 2.71. The fourth-order valence-corrected chi connectivity index (χ4v) is 4.69. The fraction of sp³-hybridized carbons (Fsp3) is 0.263. The maximum atomic E-state index is 12.6. The van der Waals surface area contributed by atoms with Gasteiger partial charge in [-0.05, 0) is 54.0 Å². The molecular weight excluding hydrogens is 509 g/mol. The normalized spacial score (nSPS) is 11.5. The summed E-state index contributed by atoms with van der Waals surface area (Å²) in [5.41, 5.74) is 1.34. The summed E-state index contributed by atoms with van der Waals surface area (Å²) in [6, 6.07) is 7.01. The lowest BCUT2D eigenvalue weighted by molar-refractivity contribution is -0.114. The summed E-state index contributed by atoms with van der Waals surface area (Å²) in [5, 5.41) is 7.05. The molecular formula is C19H20BrClN5O4P. The first-order valence-electron chi connectivity index (χ1n) is 9.34. The molecule has 0 spiro atoms. The lowest BCUT2D eigenvalue weighted by atomic mass is 10.2. The first kappa shape index (κ1) is 23.6. The van der Waals surface area contributed by atoms with Gasteiger partial charge in [0.15, 0.2) is 0 Å². The molecule has 2 aromatic heterocycles. The molecule has 0 bridgehead atoms. The van der Waals surface area contributed by atoms with E-state index in [1.54, 1.807) is 26.0 Å². The topological polar surface area (TPSA) is 115 Å². The van der Waals surface area contributed by atoms with Crippen LogP contribution in [0.25, 0.3) is 10.9 Å². The largest absolute Gasteiger partial charge is 0.340 e. The van der Waals surface area contributed by atoms with E-state index >= 15 is 0 Å². The third kappa shape index (κ3) is 6.21. The van der Waals surface area contributed by atoms with E-state index in [1.807, 2.05) is 12.1 Å². The van der Waals surface area contributed by atoms with E-state index in [0.717, 1.165) is 10.2 Å². The number of carbonyl (C=O) groups excluding carboxylic acids is 1. The molecule has 0 saturated heterocycles. The lowest BCUT2D eigenvalue weighted by Gasteiger charge is -2.16. The van der Waals surface area contributed by atoms with Crippen LogP contribution in [0.15, 0.2) is 41.3 Å². The van der Waals surface area contributed by atoms with Crippen LogP contribution in [-0.2, 0) is 18.4 Å². The summed E-state index contributed by atoms with van der Waals surface area (Å²) >= 11 is 9.43. The molecule has 0 radical (unpaired) electrons. The first-order chi connectivity index (χ1) is 14.8. The third-order valence-corrected chi connectivity index (χ3v) is 7.15. The van der Waals surface area contributed by atoms with Crippen molar-refractivity contribution in [3.63, 3.8) is 0 Å². The van der Waals surface area contributed by atoms with Crippen molar-refractivity contribution in [1.29, 1.82) is 0 Å². The van der Waals surface area contributed by atoms with Crippen molar-refractivity contribution in [2.75, 3.05) is 30.0 Å². The van der Waals surface area contributed by atoms with Gasteiger partial charge in [-0.3, -0.25) is 9.36 Å². The quantitative estimate of drug-likeness (QED) is 0.355. The fourth-order valence-electron chi connectivity index (χ4n) is 2.72. The number of hydrogen-bond acceptors (Lipinski definition) is 8. The zero-order valence-electron chi connectivity index (χ0n) is 16.8. The third-order valence-electron chi connectivity index (χ3n) is 3.96. The van der Waals surface area contributed by atoms with Crippen LogP contribution in [0.4, 0.5) is 17.3 Å². The number of hydrogen-bond donors (Lipinski definition) is 2. The van der Waals surface area contributed by atoms with E-state index in [1.165, 1.54) is 12.5 Å². The van der Waals surface area contributed by atoms with Gasteiger partial charge in [0, 0.05) is 15.5 Å². The number of aromatic nitrogens is 3. The number of fused-ring (bicyclic) bond motifs is 1. The Bertz CT molecular complexity index is 1140. The predicted molar refractivity (Wildman–Crippen MR) is 124 cm³/mol. The molecule has 9 nitrogen and oxygen atoms in total. The molecule has 12 heteroatoms. The van der Waals surface area contributed by atoms with Crippen molar-refractivity contribution in [3.05, 3.63) is 46.3 Å². The first-order valence-corrected chi connectivity index (χ1v) is 12.2. The van der Waals surface area contributed by atoms with Gasteiger partial charge in [-0.15, -0.1) is 0 Å². The maximum absolute atomic E-state index is 12.6. The molecule has 0 fully saturated rings. The number of anilines is 3. The zero-order valence-corrected chi connectivity index (χ0v) is 20.0. The average molecular weight is 529 g/mol. The summed E-state index contributed by atoms with van der Waals surface area (Å²) in [5.74, 6) is 0.240. The second kappa shape index (κ2) is 10.5. The number of amides is 1. The molecule has 0 aliphatic heterocycles. The molecule has 3 rings (SSSR count). The lowest BCUT2D eigenvalue weighted by Crippen LogP contribution is -2.19. The molecule has 1 amide bonds. The number of nitrogens with one attached hydrogen (secondary N) is 2. The minimum absolute atomic E-state index is 0.173. The molecule has 2 heterocycles. The van der Waals surface area contributed by atoms with E-state index < -0.39 is 19.7 Å². The smallest absolute Gasteiger partial charge is 0.340 e. The van der Waals surface area contributed by atoms with Crippen molar-refractivity contribution in [2.24, 2.45) is 0 Å². The summed E-state index contributed by atoms with van der Waals surface area (Å²) in [4.78, 5) is 25.1. The van der Waals surface area contributed by atoms with E-state index in [9.17, 15) is 9.36 Å². The Morgan fingerprint density at radius 3 is 2.58 bits per heavy atom. The van der Waals surface area contributed by atoms with Gasteiger partial charge in [0.25, 0.3) is 0 Å². The Morgan fingerprint density at radius 2 is 1.90 bits per heavy atom. The number of nitrogens with zero attached hydrogens (tertiary/aromatic N) is 3. The predicted octanol–water partition coefficient (Wildman–Crippen LogP) is 5.39.